The molecule has 0 atom stereocenters. The van der Waals surface area contributed by atoms with E-state index in [1.807, 2.05) is 44.2 Å². The molecule has 11 heteroatoms. The molecule has 2 aromatic heterocycles. The molecule has 0 bridgehead atoms. The number of carbonyl (C=O) groups excluding carboxylic acids is 3. The molecule has 3 heterocycles. The molecule has 2 N–H and O–H groups in total. The Morgan fingerprint density at radius 3 is 2.54 bits per heavy atom. The van der Waals surface area contributed by atoms with E-state index in [0.29, 0.717) is 36.3 Å². The maximum atomic E-state index is 12.4. The second kappa shape index (κ2) is 11.1. The Balaban J connectivity index is 1.37. The number of rotatable bonds is 9. The number of hydrogen-bond donors (Lipinski definition) is 2. The fourth-order valence-electron chi connectivity index (χ4n) is 3.81. The van der Waals surface area contributed by atoms with Crippen LogP contribution >= 0.6 is 11.8 Å². The SMILES string of the molecule is Cc1cccc(C)c1NC(=O)CNC(=O)CSc1nnc(CN2CCCC2=O)n1-c1ccccn1. The van der Waals surface area contributed by atoms with Crippen LogP contribution in [-0.2, 0) is 20.9 Å². The van der Waals surface area contributed by atoms with Crippen LogP contribution in [0.1, 0.15) is 29.8 Å². The first-order chi connectivity index (χ1) is 16.9. The van der Waals surface area contributed by atoms with Gasteiger partial charge in [-0.3, -0.25) is 19.0 Å². The van der Waals surface area contributed by atoms with Crippen molar-refractivity contribution in [2.45, 2.75) is 38.4 Å². The maximum Gasteiger partial charge on any atom is 0.243 e. The smallest absolute Gasteiger partial charge is 0.243 e. The molecule has 182 valence electrons. The van der Waals surface area contributed by atoms with E-state index in [0.717, 1.165) is 23.2 Å². The van der Waals surface area contributed by atoms with Crippen molar-refractivity contribution in [2.24, 2.45) is 0 Å². The number of amides is 3. The molecule has 4 rings (SSSR count). The summed E-state index contributed by atoms with van der Waals surface area (Å²) < 4.78 is 1.76. The average Bonchev–Trinajstić information content (AvgIpc) is 3.45. The molecule has 1 fully saturated rings. The van der Waals surface area contributed by atoms with E-state index < -0.39 is 0 Å². The fourth-order valence-corrected chi connectivity index (χ4v) is 4.60. The first-order valence-electron chi connectivity index (χ1n) is 11.3. The van der Waals surface area contributed by atoms with Gasteiger partial charge in [-0.05, 0) is 43.5 Å². The summed E-state index contributed by atoms with van der Waals surface area (Å²) in [6.07, 6.45) is 3.03. The number of pyridine rings is 1. The average molecular weight is 494 g/mol. The lowest BCUT2D eigenvalue weighted by Crippen LogP contribution is -2.34. The van der Waals surface area contributed by atoms with Crippen LogP contribution in [0, 0.1) is 13.8 Å². The van der Waals surface area contributed by atoms with Crippen molar-refractivity contribution in [3.8, 4) is 5.82 Å². The molecule has 1 saturated heterocycles. The highest BCUT2D eigenvalue weighted by atomic mass is 32.2. The minimum absolute atomic E-state index is 0.0459. The summed E-state index contributed by atoms with van der Waals surface area (Å²) in [5.74, 6) is 0.719. The molecule has 0 unspecified atom stereocenters. The molecule has 0 saturated carbocycles. The lowest BCUT2D eigenvalue weighted by atomic mass is 10.1. The molecule has 1 aromatic carbocycles. The summed E-state index contributed by atoms with van der Waals surface area (Å²) in [7, 11) is 0. The zero-order valence-electron chi connectivity index (χ0n) is 19.7. The molecule has 1 aliphatic rings. The molecule has 35 heavy (non-hydrogen) atoms. The molecule has 0 radical (unpaired) electrons. The minimum Gasteiger partial charge on any atom is -0.346 e. The second-order valence-corrected chi connectivity index (χ2v) is 9.16. The monoisotopic (exact) mass is 493 g/mol. The molecular formula is C24H27N7O3S. The van der Waals surface area contributed by atoms with Gasteiger partial charge in [0, 0.05) is 24.8 Å². The first-order valence-corrected chi connectivity index (χ1v) is 12.3. The highest BCUT2D eigenvalue weighted by Crippen LogP contribution is 2.23. The van der Waals surface area contributed by atoms with Crippen molar-refractivity contribution in [1.82, 2.24) is 30.0 Å². The largest absolute Gasteiger partial charge is 0.346 e. The summed E-state index contributed by atoms with van der Waals surface area (Å²) in [6, 6.07) is 11.2. The predicted octanol–water partition coefficient (Wildman–Crippen LogP) is 2.25. The summed E-state index contributed by atoms with van der Waals surface area (Å²) in [5, 5.41) is 14.5. The van der Waals surface area contributed by atoms with Crippen molar-refractivity contribution in [2.75, 3.05) is 24.2 Å². The standard InChI is InChI=1S/C24H27N7O3S/c1-16-7-5-8-17(2)23(16)27-20(32)13-26-21(33)15-35-24-29-28-19(14-30-12-6-10-22(30)34)31(24)18-9-3-4-11-25-18/h3-5,7-9,11H,6,10,12-15H2,1-2H3,(H,26,33)(H,27,32). The van der Waals surface area contributed by atoms with Crippen LogP contribution in [0.25, 0.3) is 5.82 Å². The highest BCUT2D eigenvalue weighted by Gasteiger charge is 2.24. The van der Waals surface area contributed by atoms with Gasteiger partial charge in [0.1, 0.15) is 5.82 Å². The number of carbonyl (C=O) groups is 3. The summed E-state index contributed by atoms with van der Waals surface area (Å²) >= 11 is 1.19. The second-order valence-electron chi connectivity index (χ2n) is 8.22. The van der Waals surface area contributed by atoms with Crippen LogP contribution in [0.3, 0.4) is 0 Å². The third-order valence-electron chi connectivity index (χ3n) is 5.61. The topological polar surface area (TPSA) is 122 Å². The first kappa shape index (κ1) is 24.4. The minimum atomic E-state index is -0.307. The Kier molecular flexibility index (Phi) is 7.76. The molecule has 1 aliphatic heterocycles. The number of para-hydroxylation sites is 1. The number of benzene rings is 1. The number of nitrogens with zero attached hydrogens (tertiary/aromatic N) is 5. The molecule has 0 aliphatic carbocycles. The number of anilines is 1. The Hall–Kier alpha value is -3.73. The van der Waals surface area contributed by atoms with E-state index in [9.17, 15) is 14.4 Å². The number of aromatic nitrogens is 4. The fraction of sp³-hybridized carbons (Fsp3) is 0.333. The Morgan fingerprint density at radius 2 is 1.86 bits per heavy atom. The van der Waals surface area contributed by atoms with E-state index in [2.05, 4.69) is 25.8 Å². The van der Waals surface area contributed by atoms with E-state index >= 15 is 0 Å². The zero-order valence-corrected chi connectivity index (χ0v) is 20.5. The van der Waals surface area contributed by atoms with Gasteiger partial charge in [0.2, 0.25) is 17.7 Å². The molecular weight excluding hydrogens is 466 g/mol. The van der Waals surface area contributed by atoms with Crippen LogP contribution in [0.15, 0.2) is 47.8 Å². The van der Waals surface area contributed by atoms with Crippen molar-refractivity contribution in [3.05, 3.63) is 59.5 Å². The number of thioether (sulfide) groups is 1. The molecule has 3 amide bonds. The normalized spacial score (nSPS) is 13.2. The summed E-state index contributed by atoms with van der Waals surface area (Å²) in [5.41, 5.74) is 2.68. The summed E-state index contributed by atoms with van der Waals surface area (Å²) in [4.78, 5) is 43.0. The van der Waals surface area contributed by atoms with Gasteiger partial charge in [-0.2, -0.15) is 0 Å². The van der Waals surface area contributed by atoms with Gasteiger partial charge in [0.05, 0.1) is 18.8 Å². The van der Waals surface area contributed by atoms with Gasteiger partial charge in [-0.1, -0.05) is 36.0 Å². The number of aryl methyl sites for hydroxylation is 2. The third kappa shape index (κ3) is 6.04. The maximum absolute atomic E-state index is 12.4. The number of likely N-dealkylation sites (tertiary alicyclic amines) is 1. The molecule has 3 aromatic rings. The Labute approximate surface area is 207 Å². The lowest BCUT2D eigenvalue weighted by Gasteiger charge is -2.16. The zero-order chi connectivity index (χ0) is 24.8. The Bertz CT molecular complexity index is 1210. The van der Waals surface area contributed by atoms with Gasteiger partial charge in [-0.15, -0.1) is 10.2 Å². The van der Waals surface area contributed by atoms with Crippen molar-refractivity contribution in [3.63, 3.8) is 0 Å². The summed E-state index contributed by atoms with van der Waals surface area (Å²) in [6.45, 7) is 4.71. The van der Waals surface area contributed by atoms with Crippen LogP contribution in [0.4, 0.5) is 5.69 Å². The lowest BCUT2D eigenvalue weighted by molar-refractivity contribution is -0.128. The van der Waals surface area contributed by atoms with Crippen molar-refractivity contribution >= 4 is 35.2 Å². The van der Waals surface area contributed by atoms with E-state index in [1.165, 1.54) is 11.8 Å². The predicted molar refractivity (Wildman–Crippen MR) is 132 cm³/mol. The third-order valence-corrected chi connectivity index (χ3v) is 6.54. The number of nitrogens with one attached hydrogen (secondary N) is 2. The van der Waals surface area contributed by atoms with E-state index in [4.69, 9.17) is 0 Å². The quantitative estimate of drug-likeness (QED) is 0.439. The number of hydrogen-bond acceptors (Lipinski definition) is 7. The van der Waals surface area contributed by atoms with Gasteiger partial charge in [0.25, 0.3) is 0 Å². The van der Waals surface area contributed by atoms with Gasteiger partial charge in [-0.25, -0.2) is 4.98 Å². The highest BCUT2D eigenvalue weighted by molar-refractivity contribution is 7.99. The Morgan fingerprint density at radius 1 is 1.06 bits per heavy atom. The van der Waals surface area contributed by atoms with Crippen LogP contribution in [0.5, 0.6) is 0 Å². The molecule has 10 nitrogen and oxygen atoms in total. The van der Waals surface area contributed by atoms with Gasteiger partial charge in [0.15, 0.2) is 11.0 Å². The van der Waals surface area contributed by atoms with Crippen molar-refractivity contribution < 1.29 is 14.4 Å². The van der Waals surface area contributed by atoms with Crippen LogP contribution < -0.4 is 10.6 Å². The van der Waals surface area contributed by atoms with E-state index in [1.54, 1.807) is 21.7 Å². The van der Waals surface area contributed by atoms with E-state index in [-0.39, 0.29) is 30.0 Å². The van der Waals surface area contributed by atoms with Crippen LogP contribution in [-0.4, -0.2) is 61.2 Å². The van der Waals surface area contributed by atoms with Crippen LogP contribution in [0.2, 0.25) is 0 Å². The molecule has 0 spiro atoms. The van der Waals surface area contributed by atoms with Gasteiger partial charge >= 0.3 is 0 Å². The van der Waals surface area contributed by atoms with Crippen molar-refractivity contribution in [1.29, 1.82) is 0 Å². The van der Waals surface area contributed by atoms with Gasteiger partial charge < -0.3 is 15.5 Å².